The summed E-state index contributed by atoms with van der Waals surface area (Å²) in [4.78, 5) is 24.6. The van der Waals surface area contributed by atoms with Crippen LogP contribution in [0.15, 0.2) is 76.3 Å². The molecule has 8 heteroatoms. The summed E-state index contributed by atoms with van der Waals surface area (Å²) in [5.41, 5.74) is 3.85. The molecule has 6 nitrogen and oxygen atoms in total. The largest absolute Gasteiger partial charge is 0.490 e. The minimum Gasteiger partial charge on any atom is -0.490 e. The van der Waals surface area contributed by atoms with Gasteiger partial charge in [-0.15, -0.1) is 0 Å². The van der Waals surface area contributed by atoms with Crippen LogP contribution in [0.3, 0.4) is 0 Å². The fourth-order valence-corrected chi connectivity index (χ4v) is 3.21. The number of hydrazone groups is 1. The number of nitrogens with one attached hydrogen (secondary N) is 1. The van der Waals surface area contributed by atoms with Gasteiger partial charge in [-0.2, -0.15) is 5.10 Å². The van der Waals surface area contributed by atoms with Crippen LogP contribution in [-0.4, -0.2) is 24.7 Å². The third-order valence-corrected chi connectivity index (χ3v) is 4.85. The molecular weight excluding hydrogens is 484 g/mol. The van der Waals surface area contributed by atoms with Gasteiger partial charge in [-0.05, 0) is 61.0 Å². The highest BCUT2D eigenvalue weighted by atomic mass is 79.9. The molecule has 0 aromatic heterocycles. The molecule has 31 heavy (non-hydrogen) atoms. The molecule has 0 aliphatic carbocycles. The molecule has 0 saturated heterocycles. The summed E-state index contributed by atoms with van der Waals surface area (Å²) in [5, 5.41) is 4.28. The van der Waals surface area contributed by atoms with Crippen molar-refractivity contribution in [3.05, 3.63) is 92.9 Å². The fourth-order valence-electron chi connectivity index (χ4n) is 2.60. The van der Waals surface area contributed by atoms with E-state index in [9.17, 15) is 9.59 Å². The first kappa shape index (κ1) is 22.5. The van der Waals surface area contributed by atoms with Gasteiger partial charge in [0.2, 0.25) is 0 Å². The molecule has 0 bridgehead atoms. The van der Waals surface area contributed by atoms with Crippen molar-refractivity contribution in [3.63, 3.8) is 0 Å². The Bertz CT molecular complexity index is 1130. The Balaban J connectivity index is 1.72. The summed E-state index contributed by atoms with van der Waals surface area (Å²) in [5.74, 6) is -0.311. The van der Waals surface area contributed by atoms with Crippen molar-refractivity contribution in [1.82, 2.24) is 5.43 Å². The second-order valence-corrected chi connectivity index (χ2v) is 7.54. The van der Waals surface area contributed by atoms with E-state index in [1.54, 1.807) is 60.7 Å². The highest BCUT2D eigenvalue weighted by Gasteiger charge is 2.15. The lowest BCUT2D eigenvalue weighted by Gasteiger charge is -2.12. The van der Waals surface area contributed by atoms with Gasteiger partial charge < -0.3 is 9.47 Å². The summed E-state index contributed by atoms with van der Waals surface area (Å²) >= 11 is 9.39. The van der Waals surface area contributed by atoms with Gasteiger partial charge in [-0.25, -0.2) is 10.2 Å². The molecule has 0 atom stereocenters. The van der Waals surface area contributed by atoms with Crippen LogP contribution >= 0.6 is 27.5 Å². The van der Waals surface area contributed by atoms with Crippen LogP contribution in [0.5, 0.6) is 11.5 Å². The average Bonchev–Trinajstić information content (AvgIpc) is 2.76. The number of carbonyl (C=O) groups is 2. The molecule has 3 rings (SSSR count). The normalized spacial score (nSPS) is 10.7. The van der Waals surface area contributed by atoms with Crippen LogP contribution < -0.4 is 14.9 Å². The predicted octanol–water partition coefficient (Wildman–Crippen LogP) is 5.48. The molecule has 0 fully saturated rings. The Hall–Kier alpha value is -3.16. The summed E-state index contributed by atoms with van der Waals surface area (Å²) < 4.78 is 11.9. The highest BCUT2D eigenvalue weighted by molar-refractivity contribution is 9.10. The van der Waals surface area contributed by atoms with Crippen LogP contribution in [0.2, 0.25) is 5.02 Å². The third-order valence-electron chi connectivity index (χ3n) is 4.03. The van der Waals surface area contributed by atoms with Gasteiger partial charge in [-0.3, -0.25) is 4.79 Å². The minimum absolute atomic E-state index is 0.252. The molecule has 0 aliphatic heterocycles. The van der Waals surface area contributed by atoms with Crippen molar-refractivity contribution < 1.29 is 19.1 Å². The number of nitrogens with zero attached hydrogens (tertiary/aromatic N) is 1. The van der Waals surface area contributed by atoms with Crippen LogP contribution in [0.25, 0.3) is 0 Å². The van der Waals surface area contributed by atoms with Crippen LogP contribution in [-0.2, 0) is 0 Å². The Kier molecular flexibility index (Phi) is 7.81. The molecule has 0 heterocycles. The lowest BCUT2D eigenvalue weighted by Crippen LogP contribution is -2.17. The van der Waals surface area contributed by atoms with E-state index in [-0.39, 0.29) is 17.2 Å². The second kappa shape index (κ2) is 10.7. The van der Waals surface area contributed by atoms with Crippen LogP contribution in [0, 0.1) is 0 Å². The molecule has 3 aromatic rings. The Morgan fingerprint density at radius 1 is 1.06 bits per heavy atom. The first-order valence-electron chi connectivity index (χ1n) is 9.30. The van der Waals surface area contributed by atoms with E-state index < -0.39 is 5.97 Å². The Morgan fingerprint density at radius 3 is 2.61 bits per heavy atom. The van der Waals surface area contributed by atoms with E-state index in [1.165, 1.54) is 6.21 Å². The maximum Gasteiger partial charge on any atom is 0.345 e. The number of halogens is 2. The van der Waals surface area contributed by atoms with E-state index in [1.807, 2.05) is 13.0 Å². The van der Waals surface area contributed by atoms with Crippen molar-refractivity contribution in [2.45, 2.75) is 6.92 Å². The second-order valence-electron chi connectivity index (χ2n) is 6.22. The van der Waals surface area contributed by atoms with Gasteiger partial charge in [0.25, 0.3) is 5.91 Å². The minimum atomic E-state index is -0.589. The maximum absolute atomic E-state index is 12.4. The molecule has 0 unspecified atom stereocenters. The lowest BCUT2D eigenvalue weighted by molar-refractivity contribution is 0.0728. The Morgan fingerprint density at radius 2 is 1.87 bits per heavy atom. The maximum atomic E-state index is 12.4. The van der Waals surface area contributed by atoms with Crippen molar-refractivity contribution in [3.8, 4) is 11.5 Å². The topological polar surface area (TPSA) is 77.0 Å². The predicted molar refractivity (Wildman–Crippen MR) is 123 cm³/mol. The zero-order chi connectivity index (χ0) is 22.2. The fraction of sp³-hybridized carbons (Fsp3) is 0.0870. The zero-order valence-electron chi connectivity index (χ0n) is 16.5. The van der Waals surface area contributed by atoms with Gasteiger partial charge in [0, 0.05) is 10.0 Å². The average molecular weight is 502 g/mol. The van der Waals surface area contributed by atoms with E-state index in [2.05, 4.69) is 26.5 Å². The van der Waals surface area contributed by atoms with Gasteiger partial charge in [0.15, 0.2) is 11.5 Å². The summed E-state index contributed by atoms with van der Waals surface area (Å²) in [6.07, 6.45) is 1.47. The number of rotatable bonds is 7. The van der Waals surface area contributed by atoms with E-state index in [4.69, 9.17) is 21.1 Å². The van der Waals surface area contributed by atoms with Gasteiger partial charge >= 0.3 is 5.97 Å². The standard InChI is InChI=1S/C23H18BrClN2O4/c1-2-30-21-12-15(14-26-27-22(28)16-6-5-7-17(24)13-16)10-11-20(21)31-23(29)18-8-3-4-9-19(18)25/h3-14H,2H2,1H3,(H,27,28)/b26-14-. The number of hydrogen-bond donors (Lipinski definition) is 1. The zero-order valence-corrected chi connectivity index (χ0v) is 18.8. The number of amides is 1. The molecule has 1 amide bonds. The molecule has 0 aliphatic rings. The molecule has 0 saturated carbocycles. The van der Waals surface area contributed by atoms with Crippen molar-refractivity contribution in [1.29, 1.82) is 0 Å². The Labute approximate surface area is 193 Å². The summed E-state index contributed by atoms with van der Waals surface area (Å²) in [6.45, 7) is 2.19. The first-order chi connectivity index (χ1) is 15.0. The number of benzene rings is 3. The number of hydrogen-bond acceptors (Lipinski definition) is 5. The number of esters is 1. The molecular formula is C23H18BrClN2O4. The van der Waals surface area contributed by atoms with Crippen molar-refractivity contribution in [2.24, 2.45) is 5.10 Å². The molecule has 0 radical (unpaired) electrons. The van der Waals surface area contributed by atoms with Gasteiger partial charge in [-0.1, -0.05) is 45.7 Å². The SMILES string of the molecule is CCOc1cc(/C=N\NC(=O)c2cccc(Br)c2)ccc1OC(=O)c1ccccc1Cl. The van der Waals surface area contributed by atoms with E-state index >= 15 is 0 Å². The smallest absolute Gasteiger partial charge is 0.345 e. The third kappa shape index (κ3) is 6.16. The molecule has 3 aromatic carbocycles. The number of ether oxygens (including phenoxy) is 2. The summed E-state index contributed by atoms with van der Waals surface area (Å²) in [7, 11) is 0. The molecule has 1 N–H and O–H groups in total. The van der Waals surface area contributed by atoms with Crippen molar-refractivity contribution in [2.75, 3.05) is 6.61 Å². The van der Waals surface area contributed by atoms with Crippen LogP contribution in [0.1, 0.15) is 33.2 Å². The summed E-state index contributed by atoms with van der Waals surface area (Å²) in [6, 6.07) is 18.5. The highest BCUT2D eigenvalue weighted by Crippen LogP contribution is 2.29. The van der Waals surface area contributed by atoms with Gasteiger partial charge in [0.05, 0.1) is 23.4 Å². The van der Waals surface area contributed by atoms with E-state index in [0.29, 0.717) is 28.5 Å². The van der Waals surface area contributed by atoms with Crippen molar-refractivity contribution >= 4 is 45.6 Å². The number of carbonyl (C=O) groups excluding carboxylic acids is 2. The van der Waals surface area contributed by atoms with Gasteiger partial charge in [0.1, 0.15) is 0 Å². The molecule has 0 spiro atoms. The van der Waals surface area contributed by atoms with E-state index in [0.717, 1.165) is 4.47 Å². The monoisotopic (exact) mass is 500 g/mol. The molecule has 158 valence electrons. The van der Waals surface area contributed by atoms with Crippen LogP contribution in [0.4, 0.5) is 0 Å². The first-order valence-corrected chi connectivity index (χ1v) is 10.5. The quantitative estimate of drug-likeness (QED) is 0.201. The lowest BCUT2D eigenvalue weighted by atomic mass is 10.2.